The highest BCUT2D eigenvalue weighted by Gasteiger charge is 2.15. The Morgan fingerprint density at radius 3 is 2.59 bits per heavy atom. The Morgan fingerprint density at radius 2 is 1.85 bits per heavy atom. The first-order chi connectivity index (χ1) is 13.3. The van der Waals surface area contributed by atoms with E-state index < -0.39 is 0 Å². The summed E-state index contributed by atoms with van der Waals surface area (Å²) in [6.07, 6.45) is 14.4. The molecular formula is C22H43N3O2. The molecule has 1 aliphatic carbocycles. The second-order valence-electron chi connectivity index (χ2n) is 8.19. The zero-order valence-corrected chi connectivity index (χ0v) is 17.9. The lowest BCUT2D eigenvalue weighted by molar-refractivity contribution is 0.0264. The zero-order chi connectivity index (χ0) is 19.2. The first-order valence-electron chi connectivity index (χ1n) is 11.5. The zero-order valence-electron chi connectivity index (χ0n) is 17.9. The number of nitrogens with zero attached hydrogens (tertiary/aromatic N) is 2. The van der Waals surface area contributed by atoms with Crippen molar-refractivity contribution in [1.29, 1.82) is 0 Å². The van der Waals surface area contributed by atoms with Gasteiger partial charge in [-0.3, -0.25) is 4.99 Å². The van der Waals surface area contributed by atoms with Gasteiger partial charge in [-0.15, -0.1) is 0 Å². The smallest absolute Gasteiger partial charge is 0.193 e. The van der Waals surface area contributed by atoms with Crippen LogP contribution in [0.3, 0.4) is 0 Å². The van der Waals surface area contributed by atoms with Crippen LogP contribution in [0, 0.1) is 5.92 Å². The third-order valence-corrected chi connectivity index (χ3v) is 5.88. The van der Waals surface area contributed by atoms with Crippen LogP contribution in [0.25, 0.3) is 0 Å². The average Bonchev–Trinajstić information content (AvgIpc) is 2.72. The first kappa shape index (κ1) is 22.5. The molecule has 0 radical (unpaired) electrons. The van der Waals surface area contributed by atoms with Gasteiger partial charge in [-0.05, 0) is 64.2 Å². The van der Waals surface area contributed by atoms with Crippen LogP contribution in [0.4, 0.5) is 0 Å². The van der Waals surface area contributed by atoms with E-state index in [1.165, 1.54) is 64.2 Å². The second kappa shape index (κ2) is 14.2. The SMILES string of the molecule is CCNC(=NCCCCCOC1CCCCC1)N(C)CCC1CCOCC1. The summed E-state index contributed by atoms with van der Waals surface area (Å²) < 4.78 is 11.5. The van der Waals surface area contributed by atoms with Crippen LogP contribution in [0.2, 0.25) is 0 Å². The molecule has 1 N–H and O–H groups in total. The topological polar surface area (TPSA) is 46.1 Å². The molecule has 5 nitrogen and oxygen atoms in total. The standard InChI is InChI=1S/C22H43N3O2/c1-3-23-22(25(2)16-12-20-13-18-26-19-14-20)24-15-8-5-9-17-27-21-10-6-4-7-11-21/h20-21H,3-19H2,1-2H3,(H,23,24). The number of rotatable bonds is 11. The van der Waals surface area contributed by atoms with Gasteiger partial charge in [0.2, 0.25) is 0 Å². The van der Waals surface area contributed by atoms with Gasteiger partial charge in [-0.25, -0.2) is 0 Å². The Morgan fingerprint density at radius 1 is 1.07 bits per heavy atom. The van der Waals surface area contributed by atoms with Gasteiger partial charge in [-0.1, -0.05) is 19.3 Å². The van der Waals surface area contributed by atoms with Gasteiger partial charge in [0.15, 0.2) is 5.96 Å². The summed E-state index contributed by atoms with van der Waals surface area (Å²) in [6.45, 7) is 7.86. The number of aliphatic imine (C=N–C) groups is 1. The molecule has 0 aromatic heterocycles. The van der Waals surface area contributed by atoms with Crippen molar-refractivity contribution < 1.29 is 9.47 Å². The first-order valence-corrected chi connectivity index (χ1v) is 11.5. The van der Waals surface area contributed by atoms with Gasteiger partial charge < -0.3 is 19.7 Å². The van der Waals surface area contributed by atoms with Gasteiger partial charge in [-0.2, -0.15) is 0 Å². The van der Waals surface area contributed by atoms with Crippen molar-refractivity contribution in [2.24, 2.45) is 10.9 Å². The van der Waals surface area contributed by atoms with Crippen LogP contribution >= 0.6 is 0 Å². The molecule has 0 amide bonds. The molecule has 2 aliphatic rings. The Bertz CT molecular complexity index is 391. The third kappa shape index (κ3) is 9.79. The maximum atomic E-state index is 6.01. The van der Waals surface area contributed by atoms with E-state index in [9.17, 15) is 0 Å². The van der Waals surface area contributed by atoms with Crippen LogP contribution < -0.4 is 5.32 Å². The Hall–Kier alpha value is -0.810. The summed E-state index contributed by atoms with van der Waals surface area (Å²) in [7, 11) is 2.17. The van der Waals surface area contributed by atoms with Crippen molar-refractivity contribution in [2.45, 2.75) is 83.7 Å². The van der Waals surface area contributed by atoms with Gasteiger partial charge in [0, 0.05) is 46.5 Å². The largest absolute Gasteiger partial charge is 0.381 e. The summed E-state index contributed by atoms with van der Waals surface area (Å²) in [6, 6.07) is 0. The fourth-order valence-electron chi connectivity index (χ4n) is 4.04. The van der Waals surface area contributed by atoms with Crippen LogP contribution in [0.1, 0.15) is 77.6 Å². The molecule has 0 bridgehead atoms. The average molecular weight is 382 g/mol. The normalized spacial score (nSPS) is 20.0. The summed E-state index contributed by atoms with van der Waals surface area (Å²) in [5.74, 6) is 1.87. The highest BCUT2D eigenvalue weighted by atomic mass is 16.5. The van der Waals surface area contributed by atoms with Crippen LogP contribution in [0.15, 0.2) is 4.99 Å². The maximum absolute atomic E-state index is 6.01. The monoisotopic (exact) mass is 381 g/mol. The van der Waals surface area contributed by atoms with E-state index in [0.717, 1.165) is 57.8 Å². The van der Waals surface area contributed by atoms with Crippen molar-refractivity contribution >= 4 is 5.96 Å². The van der Waals surface area contributed by atoms with Crippen molar-refractivity contribution in [3.63, 3.8) is 0 Å². The van der Waals surface area contributed by atoms with Gasteiger partial charge in [0.1, 0.15) is 0 Å². The van der Waals surface area contributed by atoms with E-state index in [4.69, 9.17) is 14.5 Å². The lowest BCUT2D eigenvalue weighted by Crippen LogP contribution is -2.40. The van der Waals surface area contributed by atoms with Gasteiger partial charge >= 0.3 is 0 Å². The van der Waals surface area contributed by atoms with Gasteiger partial charge in [0.05, 0.1) is 6.10 Å². The molecule has 1 saturated heterocycles. The second-order valence-corrected chi connectivity index (χ2v) is 8.19. The van der Waals surface area contributed by atoms with Crippen molar-refractivity contribution in [1.82, 2.24) is 10.2 Å². The minimum atomic E-state index is 0.543. The molecule has 1 saturated carbocycles. The quantitative estimate of drug-likeness (QED) is 0.331. The lowest BCUT2D eigenvalue weighted by atomic mass is 9.96. The third-order valence-electron chi connectivity index (χ3n) is 5.88. The van der Waals surface area contributed by atoms with Crippen molar-refractivity contribution in [3.8, 4) is 0 Å². The lowest BCUT2D eigenvalue weighted by Gasteiger charge is -2.26. The predicted molar refractivity (Wildman–Crippen MR) is 113 cm³/mol. The minimum Gasteiger partial charge on any atom is -0.381 e. The molecule has 1 aliphatic heterocycles. The molecule has 2 rings (SSSR count). The molecule has 0 atom stereocenters. The van der Waals surface area contributed by atoms with E-state index >= 15 is 0 Å². The highest BCUT2D eigenvalue weighted by molar-refractivity contribution is 5.79. The molecule has 0 unspecified atom stereocenters. The molecule has 27 heavy (non-hydrogen) atoms. The molecule has 0 spiro atoms. The van der Waals surface area contributed by atoms with Crippen LogP contribution in [0.5, 0.6) is 0 Å². The summed E-state index contributed by atoms with van der Waals surface area (Å²) >= 11 is 0. The summed E-state index contributed by atoms with van der Waals surface area (Å²) in [4.78, 5) is 7.13. The van der Waals surface area contributed by atoms with E-state index in [1.54, 1.807) is 0 Å². The molecule has 1 heterocycles. The fraction of sp³-hybridized carbons (Fsp3) is 0.955. The molecule has 158 valence electrons. The predicted octanol–water partition coefficient (Wildman–Crippen LogP) is 4.22. The number of guanidine groups is 1. The van der Waals surface area contributed by atoms with Crippen molar-refractivity contribution in [2.75, 3.05) is 46.5 Å². The molecule has 0 aromatic carbocycles. The Balaban J connectivity index is 1.56. The van der Waals surface area contributed by atoms with E-state index in [1.807, 2.05) is 0 Å². The van der Waals surface area contributed by atoms with E-state index in [-0.39, 0.29) is 0 Å². The summed E-state index contributed by atoms with van der Waals surface area (Å²) in [5.41, 5.74) is 0. The number of ether oxygens (including phenoxy) is 2. The maximum Gasteiger partial charge on any atom is 0.193 e. The molecule has 2 fully saturated rings. The molecular weight excluding hydrogens is 338 g/mol. The van der Waals surface area contributed by atoms with E-state index in [0.29, 0.717) is 6.10 Å². The number of hydrogen-bond donors (Lipinski definition) is 1. The van der Waals surface area contributed by atoms with Gasteiger partial charge in [0.25, 0.3) is 0 Å². The fourth-order valence-corrected chi connectivity index (χ4v) is 4.04. The number of nitrogens with one attached hydrogen (secondary N) is 1. The summed E-state index contributed by atoms with van der Waals surface area (Å²) in [5, 5.41) is 3.44. The number of hydrogen-bond acceptors (Lipinski definition) is 3. The van der Waals surface area contributed by atoms with Crippen molar-refractivity contribution in [3.05, 3.63) is 0 Å². The molecule has 5 heteroatoms. The van der Waals surface area contributed by atoms with E-state index in [2.05, 4.69) is 24.2 Å². The molecule has 0 aromatic rings. The number of unbranched alkanes of at least 4 members (excludes halogenated alkanes) is 2. The van der Waals surface area contributed by atoms with Crippen LogP contribution in [-0.2, 0) is 9.47 Å². The Kier molecular flexibility index (Phi) is 11.8. The Labute approximate surface area is 167 Å². The highest BCUT2D eigenvalue weighted by Crippen LogP contribution is 2.20. The minimum absolute atomic E-state index is 0.543. The van der Waals surface area contributed by atoms with Crippen LogP contribution in [-0.4, -0.2) is 63.5 Å².